The third-order valence-corrected chi connectivity index (χ3v) is 6.73. The first-order valence-corrected chi connectivity index (χ1v) is 13.0. The summed E-state index contributed by atoms with van der Waals surface area (Å²) >= 11 is 0. The first kappa shape index (κ1) is 25.7. The Bertz CT molecular complexity index is 1470. The average Bonchev–Trinajstić information content (AvgIpc) is 3.01. The van der Waals surface area contributed by atoms with Gasteiger partial charge in [-0.3, -0.25) is 4.79 Å². The summed E-state index contributed by atoms with van der Waals surface area (Å²) in [6.07, 6.45) is 4.05. The van der Waals surface area contributed by atoms with E-state index < -0.39 is 5.92 Å². The van der Waals surface area contributed by atoms with Crippen LogP contribution in [0.15, 0.2) is 140 Å². The summed E-state index contributed by atoms with van der Waals surface area (Å²) in [6.45, 7) is 0. The van der Waals surface area contributed by atoms with Crippen molar-refractivity contribution in [3.63, 3.8) is 0 Å². The molecule has 0 N–H and O–H groups in total. The maximum atomic E-state index is 14.1. The number of methoxy groups -OCH3 is 1. The number of rotatable bonds is 9. The molecule has 3 heteroatoms. The molecule has 0 amide bonds. The van der Waals surface area contributed by atoms with E-state index in [1.54, 1.807) is 13.2 Å². The fraction of sp³-hybridized carbons (Fsp3) is 0.0833. The number of hydrogen-bond acceptors (Lipinski definition) is 3. The molecule has 0 saturated heterocycles. The predicted octanol–water partition coefficient (Wildman–Crippen LogP) is 8.39. The lowest BCUT2D eigenvalue weighted by Gasteiger charge is -2.27. The van der Waals surface area contributed by atoms with Gasteiger partial charge in [-0.2, -0.15) is 0 Å². The molecule has 1 atom stereocenters. The molecular formula is C36H30O3. The zero-order chi connectivity index (χ0) is 26.9. The maximum Gasteiger partial charge on any atom is 0.319 e. The molecule has 1 unspecified atom stereocenters. The van der Waals surface area contributed by atoms with Crippen molar-refractivity contribution >= 4 is 18.1 Å². The third kappa shape index (κ3) is 6.34. The molecule has 0 fully saturated rings. The quantitative estimate of drug-likeness (QED) is 0.113. The molecule has 0 bridgehead atoms. The lowest BCUT2D eigenvalue weighted by molar-refractivity contribution is -0.136. The monoisotopic (exact) mass is 510 g/mol. The first-order chi connectivity index (χ1) is 19.2. The summed E-state index contributed by atoms with van der Waals surface area (Å²) in [5, 5.41) is 0. The zero-order valence-corrected chi connectivity index (χ0v) is 21.8. The first-order valence-electron chi connectivity index (χ1n) is 13.0. The Kier molecular flexibility index (Phi) is 8.30. The summed E-state index contributed by atoms with van der Waals surface area (Å²) in [7, 11) is 1.59. The summed E-state index contributed by atoms with van der Waals surface area (Å²) in [6, 6.07) is 45.8. The summed E-state index contributed by atoms with van der Waals surface area (Å²) in [5.74, 6) is -0.258. The molecule has 0 spiro atoms. The van der Waals surface area contributed by atoms with Crippen molar-refractivity contribution in [3.8, 4) is 11.5 Å². The summed E-state index contributed by atoms with van der Waals surface area (Å²) < 4.78 is 11.7. The minimum absolute atomic E-state index is 0.235. The van der Waals surface area contributed by atoms with Gasteiger partial charge in [0.25, 0.3) is 0 Å². The van der Waals surface area contributed by atoms with Crippen LogP contribution in [0, 0.1) is 0 Å². The van der Waals surface area contributed by atoms with Crippen LogP contribution in [-0.2, 0) is 4.79 Å². The van der Waals surface area contributed by atoms with Gasteiger partial charge in [-0.05, 0) is 39.9 Å². The summed E-state index contributed by atoms with van der Waals surface area (Å²) in [4.78, 5) is 14.1. The van der Waals surface area contributed by atoms with Gasteiger partial charge in [-0.1, -0.05) is 140 Å². The Morgan fingerprint density at radius 3 is 1.59 bits per heavy atom. The van der Waals surface area contributed by atoms with Gasteiger partial charge in [-0.15, -0.1) is 0 Å². The van der Waals surface area contributed by atoms with Crippen molar-refractivity contribution in [3.05, 3.63) is 167 Å². The van der Waals surface area contributed by atoms with Gasteiger partial charge in [0.05, 0.1) is 13.0 Å². The largest absolute Gasteiger partial charge is 0.493 e. The van der Waals surface area contributed by atoms with E-state index in [0.717, 1.165) is 27.8 Å². The van der Waals surface area contributed by atoms with Crippen LogP contribution in [0.4, 0.5) is 0 Å². The van der Waals surface area contributed by atoms with Crippen molar-refractivity contribution in [2.24, 2.45) is 0 Å². The third-order valence-electron chi connectivity index (χ3n) is 6.73. The zero-order valence-electron chi connectivity index (χ0n) is 21.8. The molecule has 0 heterocycles. The molecule has 5 aromatic rings. The van der Waals surface area contributed by atoms with E-state index in [1.807, 2.05) is 121 Å². The van der Waals surface area contributed by atoms with Crippen LogP contribution < -0.4 is 9.47 Å². The number of carbonyl (C=O) groups excluding carboxylic acids is 1. The van der Waals surface area contributed by atoms with E-state index in [9.17, 15) is 4.79 Å². The highest BCUT2D eigenvalue weighted by molar-refractivity contribution is 5.83. The number of esters is 1. The van der Waals surface area contributed by atoms with Crippen LogP contribution in [0.5, 0.6) is 11.5 Å². The Hall–Kier alpha value is -4.89. The van der Waals surface area contributed by atoms with E-state index in [-0.39, 0.29) is 11.9 Å². The molecular weight excluding hydrogens is 480 g/mol. The van der Waals surface area contributed by atoms with E-state index in [1.165, 1.54) is 0 Å². The van der Waals surface area contributed by atoms with Crippen molar-refractivity contribution < 1.29 is 14.3 Å². The van der Waals surface area contributed by atoms with Crippen molar-refractivity contribution in [2.75, 3.05) is 7.11 Å². The maximum absolute atomic E-state index is 14.1. The molecule has 0 aromatic heterocycles. The molecule has 5 rings (SSSR count). The van der Waals surface area contributed by atoms with Crippen LogP contribution in [-0.4, -0.2) is 13.1 Å². The predicted molar refractivity (Wildman–Crippen MR) is 158 cm³/mol. The Labute approximate surface area is 230 Å². The molecule has 0 radical (unpaired) electrons. The van der Waals surface area contributed by atoms with Crippen molar-refractivity contribution in [1.29, 1.82) is 0 Å². The summed E-state index contributed by atoms with van der Waals surface area (Å²) in [5.41, 5.74) is 5.03. The highest BCUT2D eigenvalue weighted by Crippen LogP contribution is 2.40. The van der Waals surface area contributed by atoms with Gasteiger partial charge in [0.1, 0.15) is 0 Å². The fourth-order valence-corrected chi connectivity index (χ4v) is 4.82. The van der Waals surface area contributed by atoms with Crippen LogP contribution in [0.3, 0.4) is 0 Å². The van der Waals surface area contributed by atoms with E-state index in [2.05, 4.69) is 24.3 Å². The topological polar surface area (TPSA) is 35.5 Å². The number of carbonyl (C=O) groups is 1. The van der Waals surface area contributed by atoms with Crippen LogP contribution in [0.2, 0.25) is 0 Å². The fourth-order valence-electron chi connectivity index (χ4n) is 4.82. The number of hydrogen-bond donors (Lipinski definition) is 0. The Morgan fingerprint density at radius 1 is 0.564 bits per heavy atom. The molecule has 0 aliphatic carbocycles. The number of benzene rings is 5. The van der Waals surface area contributed by atoms with Gasteiger partial charge in [-0.25, -0.2) is 0 Å². The Morgan fingerprint density at radius 2 is 1.05 bits per heavy atom. The normalized spacial score (nSPS) is 11.8. The number of ether oxygens (including phenoxy) is 2. The molecule has 0 aliphatic heterocycles. The van der Waals surface area contributed by atoms with Gasteiger partial charge in [0, 0.05) is 5.92 Å². The van der Waals surface area contributed by atoms with Crippen molar-refractivity contribution in [1.82, 2.24) is 0 Å². The van der Waals surface area contributed by atoms with Crippen LogP contribution >= 0.6 is 0 Å². The second kappa shape index (κ2) is 12.6. The highest BCUT2D eigenvalue weighted by atomic mass is 16.6. The second-order valence-electron chi connectivity index (χ2n) is 9.26. The molecule has 0 saturated carbocycles. The van der Waals surface area contributed by atoms with Crippen LogP contribution in [0.1, 0.15) is 39.7 Å². The van der Waals surface area contributed by atoms with Crippen molar-refractivity contribution in [2.45, 2.75) is 11.8 Å². The van der Waals surface area contributed by atoms with Crippen LogP contribution in [0.25, 0.3) is 12.2 Å². The van der Waals surface area contributed by atoms with Gasteiger partial charge >= 0.3 is 5.97 Å². The van der Waals surface area contributed by atoms with E-state index >= 15 is 0 Å². The smallest absolute Gasteiger partial charge is 0.319 e. The second-order valence-corrected chi connectivity index (χ2v) is 9.26. The van der Waals surface area contributed by atoms with E-state index in [4.69, 9.17) is 9.47 Å². The molecule has 192 valence electrons. The average molecular weight is 511 g/mol. The van der Waals surface area contributed by atoms with Gasteiger partial charge in [0.15, 0.2) is 11.5 Å². The molecule has 5 aromatic carbocycles. The molecule has 3 nitrogen and oxygen atoms in total. The minimum atomic E-state index is -0.571. The lowest BCUT2D eigenvalue weighted by Crippen LogP contribution is -2.26. The Balaban J connectivity index is 1.50. The SMILES string of the molecule is COc1cc(/C=C/c2ccccc2)ccc1OC(=O)C(c1ccccc1)C(c1ccccc1)c1ccccc1. The molecule has 0 aliphatic rings. The lowest BCUT2D eigenvalue weighted by atomic mass is 9.77. The minimum Gasteiger partial charge on any atom is -0.493 e. The van der Waals surface area contributed by atoms with E-state index in [0.29, 0.717) is 11.5 Å². The van der Waals surface area contributed by atoms with Gasteiger partial charge < -0.3 is 9.47 Å². The molecule has 39 heavy (non-hydrogen) atoms. The van der Waals surface area contributed by atoms with Gasteiger partial charge in [0.2, 0.25) is 0 Å². The standard InChI is InChI=1S/C36H30O3/c1-38-33-26-28(23-22-27-14-6-2-7-15-27)24-25-32(33)39-36(37)35(31-20-12-5-13-21-31)34(29-16-8-3-9-17-29)30-18-10-4-11-19-30/h2-26,34-35H,1H3/b23-22+. The highest BCUT2D eigenvalue weighted by Gasteiger charge is 2.34.